The van der Waals surface area contributed by atoms with Crippen LogP contribution in [0.15, 0.2) is 58.4 Å². The van der Waals surface area contributed by atoms with Gasteiger partial charge in [0.25, 0.3) is 5.91 Å². The van der Waals surface area contributed by atoms with Crippen molar-refractivity contribution in [2.45, 2.75) is 6.92 Å². The molecule has 0 unspecified atom stereocenters. The molecule has 24 heavy (non-hydrogen) atoms. The number of amidine groups is 1. The molecule has 2 N–H and O–H groups in total. The summed E-state index contributed by atoms with van der Waals surface area (Å²) in [6, 6.07) is 14.0. The number of amides is 1. The molecule has 0 aliphatic carbocycles. The first-order valence-corrected chi connectivity index (χ1v) is 8.27. The number of rotatable bonds is 4. The van der Waals surface area contributed by atoms with E-state index in [1.54, 1.807) is 30.3 Å². The van der Waals surface area contributed by atoms with Crippen LogP contribution in [0.5, 0.6) is 11.5 Å². The van der Waals surface area contributed by atoms with Gasteiger partial charge in [0, 0.05) is 0 Å². The number of carbonyl (C=O) groups is 1. The van der Waals surface area contributed by atoms with E-state index in [4.69, 9.17) is 4.74 Å². The van der Waals surface area contributed by atoms with E-state index in [2.05, 4.69) is 10.3 Å². The van der Waals surface area contributed by atoms with E-state index in [9.17, 15) is 9.90 Å². The maximum Gasteiger partial charge on any atom is 0.264 e. The van der Waals surface area contributed by atoms with Crippen molar-refractivity contribution in [3.05, 3.63) is 59.0 Å². The SMILES string of the molecule is CCOc1ccc(N=C2NC(=O)C(=Cc3ccc(O)cc3)S2)cc1. The zero-order chi connectivity index (χ0) is 16.9. The molecule has 0 atom stereocenters. The second-order valence-electron chi connectivity index (χ2n) is 5.00. The van der Waals surface area contributed by atoms with Crippen molar-refractivity contribution in [2.75, 3.05) is 6.61 Å². The molecule has 1 aliphatic rings. The molecule has 1 aliphatic heterocycles. The van der Waals surface area contributed by atoms with E-state index in [0.717, 1.165) is 17.0 Å². The minimum Gasteiger partial charge on any atom is -0.508 e. The molecule has 0 radical (unpaired) electrons. The van der Waals surface area contributed by atoms with Gasteiger partial charge in [-0.05, 0) is 66.7 Å². The van der Waals surface area contributed by atoms with Crippen molar-refractivity contribution in [1.29, 1.82) is 0 Å². The number of carbonyl (C=O) groups excluding carboxylic acids is 1. The topological polar surface area (TPSA) is 70.9 Å². The predicted octanol–water partition coefficient (Wildman–Crippen LogP) is 3.68. The number of nitrogens with one attached hydrogen (secondary N) is 1. The quantitative estimate of drug-likeness (QED) is 0.833. The zero-order valence-electron chi connectivity index (χ0n) is 13.0. The second-order valence-corrected chi connectivity index (χ2v) is 6.03. The Balaban J connectivity index is 1.75. The highest BCUT2D eigenvalue weighted by atomic mass is 32.2. The second kappa shape index (κ2) is 7.23. The lowest BCUT2D eigenvalue weighted by Gasteiger charge is -2.02. The van der Waals surface area contributed by atoms with Gasteiger partial charge in [-0.2, -0.15) is 0 Å². The summed E-state index contributed by atoms with van der Waals surface area (Å²) in [6.07, 6.45) is 1.76. The molecule has 1 fully saturated rings. The summed E-state index contributed by atoms with van der Waals surface area (Å²) in [5, 5.41) is 12.6. The smallest absolute Gasteiger partial charge is 0.264 e. The average molecular weight is 340 g/mol. The van der Waals surface area contributed by atoms with Crippen molar-refractivity contribution in [1.82, 2.24) is 5.32 Å². The zero-order valence-corrected chi connectivity index (χ0v) is 13.8. The fraction of sp³-hybridized carbons (Fsp3) is 0.111. The van der Waals surface area contributed by atoms with E-state index in [1.807, 2.05) is 31.2 Å². The van der Waals surface area contributed by atoms with Gasteiger partial charge in [-0.15, -0.1) is 0 Å². The van der Waals surface area contributed by atoms with Crippen LogP contribution in [-0.4, -0.2) is 22.8 Å². The Bertz CT molecular complexity index is 796. The Morgan fingerprint density at radius 2 is 1.88 bits per heavy atom. The summed E-state index contributed by atoms with van der Waals surface area (Å²) in [5.74, 6) is 0.800. The maximum atomic E-state index is 12.0. The lowest BCUT2D eigenvalue weighted by molar-refractivity contribution is -0.115. The fourth-order valence-electron chi connectivity index (χ4n) is 2.10. The van der Waals surface area contributed by atoms with Crippen LogP contribution in [0.3, 0.4) is 0 Å². The number of benzene rings is 2. The van der Waals surface area contributed by atoms with Crippen LogP contribution in [0.4, 0.5) is 5.69 Å². The number of hydrogen-bond donors (Lipinski definition) is 2. The van der Waals surface area contributed by atoms with E-state index >= 15 is 0 Å². The summed E-state index contributed by atoms with van der Waals surface area (Å²) in [5.41, 5.74) is 1.58. The number of ether oxygens (including phenoxy) is 1. The molecule has 0 saturated carbocycles. The Kier molecular flexibility index (Phi) is 4.86. The largest absolute Gasteiger partial charge is 0.508 e. The summed E-state index contributed by atoms with van der Waals surface area (Å²) >= 11 is 1.28. The van der Waals surface area contributed by atoms with Crippen LogP contribution in [0.25, 0.3) is 6.08 Å². The Labute approximate surface area is 144 Å². The van der Waals surface area contributed by atoms with Crippen LogP contribution < -0.4 is 10.1 Å². The molecule has 0 spiro atoms. The molecule has 3 rings (SSSR count). The van der Waals surface area contributed by atoms with Crippen molar-refractivity contribution in [2.24, 2.45) is 4.99 Å². The van der Waals surface area contributed by atoms with Gasteiger partial charge in [-0.3, -0.25) is 4.79 Å². The molecule has 1 amide bonds. The van der Waals surface area contributed by atoms with Crippen molar-refractivity contribution in [3.8, 4) is 11.5 Å². The first kappa shape index (κ1) is 16.1. The van der Waals surface area contributed by atoms with Crippen LogP contribution in [0.2, 0.25) is 0 Å². The van der Waals surface area contributed by atoms with Crippen LogP contribution in [-0.2, 0) is 4.79 Å². The van der Waals surface area contributed by atoms with E-state index < -0.39 is 0 Å². The number of phenolic OH excluding ortho intramolecular Hbond substituents is 1. The summed E-state index contributed by atoms with van der Waals surface area (Å²) in [4.78, 5) is 17.0. The highest BCUT2D eigenvalue weighted by Gasteiger charge is 2.23. The van der Waals surface area contributed by atoms with Crippen LogP contribution >= 0.6 is 11.8 Å². The van der Waals surface area contributed by atoms with Gasteiger partial charge in [-0.1, -0.05) is 12.1 Å². The maximum absolute atomic E-state index is 12.0. The van der Waals surface area contributed by atoms with Gasteiger partial charge >= 0.3 is 0 Å². The van der Waals surface area contributed by atoms with Crippen molar-refractivity contribution < 1.29 is 14.6 Å². The molecule has 1 saturated heterocycles. The summed E-state index contributed by atoms with van der Waals surface area (Å²) < 4.78 is 5.39. The number of phenols is 1. The Morgan fingerprint density at radius 3 is 2.54 bits per heavy atom. The average Bonchev–Trinajstić information content (AvgIpc) is 2.91. The minimum atomic E-state index is -0.183. The number of nitrogens with zero attached hydrogens (tertiary/aromatic N) is 1. The van der Waals surface area contributed by atoms with Gasteiger partial charge in [0.15, 0.2) is 5.17 Å². The van der Waals surface area contributed by atoms with Gasteiger partial charge in [0.1, 0.15) is 11.5 Å². The van der Waals surface area contributed by atoms with Crippen LogP contribution in [0, 0.1) is 0 Å². The number of thioether (sulfide) groups is 1. The van der Waals surface area contributed by atoms with Crippen molar-refractivity contribution in [3.63, 3.8) is 0 Å². The molecule has 122 valence electrons. The third kappa shape index (κ3) is 3.97. The molecule has 1 heterocycles. The highest BCUT2D eigenvalue weighted by molar-refractivity contribution is 8.18. The third-order valence-electron chi connectivity index (χ3n) is 3.22. The van der Waals surface area contributed by atoms with Crippen LogP contribution in [0.1, 0.15) is 12.5 Å². The summed E-state index contributed by atoms with van der Waals surface area (Å²) in [6.45, 7) is 2.55. The summed E-state index contributed by atoms with van der Waals surface area (Å²) in [7, 11) is 0. The van der Waals surface area contributed by atoms with Gasteiger partial charge in [0.05, 0.1) is 17.2 Å². The van der Waals surface area contributed by atoms with Crippen molar-refractivity contribution >= 4 is 34.6 Å². The minimum absolute atomic E-state index is 0.183. The predicted molar refractivity (Wildman–Crippen MR) is 96.5 cm³/mol. The molecule has 5 nitrogen and oxygen atoms in total. The molecular formula is C18H16N2O3S. The van der Waals surface area contributed by atoms with Gasteiger partial charge in [-0.25, -0.2) is 4.99 Å². The highest BCUT2D eigenvalue weighted by Crippen LogP contribution is 2.28. The number of aliphatic imine (C=N–C) groups is 1. The lowest BCUT2D eigenvalue weighted by Crippen LogP contribution is -2.19. The van der Waals surface area contributed by atoms with Gasteiger partial charge in [0.2, 0.25) is 0 Å². The van der Waals surface area contributed by atoms with E-state index in [-0.39, 0.29) is 11.7 Å². The molecule has 2 aromatic rings. The first-order valence-electron chi connectivity index (χ1n) is 7.45. The van der Waals surface area contributed by atoms with Gasteiger partial charge < -0.3 is 15.2 Å². The Hall–Kier alpha value is -2.73. The number of aromatic hydroxyl groups is 1. The van der Waals surface area contributed by atoms with E-state index in [1.165, 1.54) is 11.8 Å². The monoisotopic (exact) mass is 340 g/mol. The lowest BCUT2D eigenvalue weighted by atomic mass is 10.2. The standard InChI is InChI=1S/C18H16N2O3S/c1-2-23-15-9-5-13(6-10-15)19-18-20-17(22)16(24-18)11-12-3-7-14(21)8-4-12/h3-11,21H,2H2,1H3,(H,19,20,22). The Morgan fingerprint density at radius 1 is 1.17 bits per heavy atom. The molecular weight excluding hydrogens is 324 g/mol. The van der Waals surface area contributed by atoms with E-state index in [0.29, 0.717) is 16.7 Å². The first-order chi connectivity index (χ1) is 11.6. The fourth-order valence-corrected chi connectivity index (χ4v) is 2.95. The molecule has 6 heteroatoms. The molecule has 0 bridgehead atoms. The molecule has 0 aromatic heterocycles. The molecule has 2 aromatic carbocycles. The number of hydrogen-bond acceptors (Lipinski definition) is 5. The normalized spacial score (nSPS) is 17.3. The third-order valence-corrected chi connectivity index (χ3v) is 4.13.